The Balaban J connectivity index is 4.28. The summed E-state index contributed by atoms with van der Waals surface area (Å²) in [6, 6.07) is 0. The number of ether oxygens (including phenoxy) is 3. The summed E-state index contributed by atoms with van der Waals surface area (Å²) in [6.45, 7) is 6.57. The number of hydrogen-bond acceptors (Lipinski definition) is 6. The van der Waals surface area contributed by atoms with Gasteiger partial charge in [0.25, 0.3) is 0 Å². The van der Waals surface area contributed by atoms with Gasteiger partial charge in [-0.1, -0.05) is 338 Å². The van der Waals surface area contributed by atoms with E-state index in [-0.39, 0.29) is 31.1 Å². The first-order chi connectivity index (χ1) is 40.0. The van der Waals surface area contributed by atoms with Crippen LogP contribution >= 0.6 is 0 Å². The lowest BCUT2D eigenvalue weighted by Crippen LogP contribution is -2.30. The van der Waals surface area contributed by atoms with Gasteiger partial charge >= 0.3 is 17.9 Å². The highest BCUT2D eigenvalue weighted by molar-refractivity contribution is 5.71. The van der Waals surface area contributed by atoms with Gasteiger partial charge in [-0.3, -0.25) is 14.4 Å². The summed E-state index contributed by atoms with van der Waals surface area (Å²) < 4.78 is 17.0. The Morgan fingerprint density at radius 1 is 0.259 bits per heavy atom. The quantitative estimate of drug-likeness (QED) is 0.0261. The van der Waals surface area contributed by atoms with E-state index in [0.717, 1.165) is 103 Å². The third-order valence-corrected chi connectivity index (χ3v) is 16.0. The van der Waals surface area contributed by atoms with Gasteiger partial charge in [-0.2, -0.15) is 0 Å². The minimum absolute atomic E-state index is 0.0768. The lowest BCUT2D eigenvalue weighted by Gasteiger charge is -2.18. The predicted molar refractivity (Wildman–Crippen MR) is 353 cm³/mol. The van der Waals surface area contributed by atoms with Crippen LogP contribution in [0.5, 0.6) is 0 Å². The summed E-state index contributed by atoms with van der Waals surface area (Å²) in [5, 5.41) is 0. The number of allylic oxidation sites excluding steroid dienone is 10. The molecule has 0 aliphatic heterocycles. The highest BCUT2D eigenvalue weighted by atomic mass is 16.6. The normalized spacial score (nSPS) is 12.4. The monoisotopic (exact) mass is 1130 g/mol. The average Bonchev–Trinajstić information content (AvgIpc) is 3.47. The third-order valence-electron chi connectivity index (χ3n) is 16.0. The Morgan fingerprint density at radius 3 is 0.753 bits per heavy atom. The highest BCUT2D eigenvalue weighted by Crippen LogP contribution is 2.18. The summed E-state index contributed by atoms with van der Waals surface area (Å²) >= 11 is 0. The molecule has 472 valence electrons. The van der Waals surface area contributed by atoms with Crippen LogP contribution in [0.25, 0.3) is 0 Å². The van der Waals surface area contributed by atoms with E-state index < -0.39 is 6.10 Å². The molecular weight excluding hydrogens is 997 g/mol. The topological polar surface area (TPSA) is 78.9 Å². The van der Waals surface area contributed by atoms with E-state index in [1.165, 1.54) is 238 Å². The summed E-state index contributed by atoms with van der Waals surface area (Å²) in [4.78, 5) is 38.5. The zero-order chi connectivity index (χ0) is 58.5. The molecule has 0 amide bonds. The molecule has 0 spiro atoms. The van der Waals surface area contributed by atoms with Gasteiger partial charge in [0.05, 0.1) is 0 Å². The maximum Gasteiger partial charge on any atom is 0.306 e. The first-order valence-electron chi connectivity index (χ1n) is 35.8. The molecule has 1 unspecified atom stereocenters. The van der Waals surface area contributed by atoms with Gasteiger partial charge in [0.15, 0.2) is 6.10 Å². The first kappa shape index (κ1) is 78.1. The van der Waals surface area contributed by atoms with Gasteiger partial charge < -0.3 is 14.2 Å². The number of hydrogen-bond donors (Lipinski definition) is 0. The van der Waals surface area contributed by atoms with Crippen LogP contribution in [0.3, 0.4) is 0 Å². The van der Waals surface area contributed by atoms with Gasteiger partial charge in [-0.05, 0) is 83.5 Å². The molecule has 0 bridgehead atoms. The molecule has 0 fully saturated rings. The standard InChI is InChI=1S/C75H136O6/c1-4-7-10-13-16-19-22-25-28-30-32-34-36-37-39-40-42-44-47-50-53-56-59-62-65-68-74(77)80-71-72(70-79-73(76)67-64-61-58-55-52-49-46-27-24-21-18-15-12-9-6-3)81-75(78)69-66-63-60-57-54-51-48-45-43-41-38-35-33-31-29-26-23-20-17-14-11-8-5-2/h9,12,18,21,23,26-27,31,33,46,72H,4-8,10-11,13-17,19-20,22,24-25,28-30,32,34-45,47-71H2,1-3H3/b12-9-,21-18-,26-23-,33-31-,46-27-. The van der Waals surface area contributed by atoms with Crippen LogP contribution in [0.4, 0.5) is 0 Å². The number of carbonyl (C=O) groups excluding carboxylic acids is 3. The number of unbranched alkanes of at least 4 members (excludes halogenated alkanes) is 45. The van der Waals surface area contributed by atoms with E-state index in [0.29, 0.717) is 19.3 Å². The Hall–Kier alpha value is -2.89. The Bertz CT molecular complexity index is 1440. The molecule has 6 heteroatoms. The van der Waals surface area contributed by atoms with Crippen molar-refractivity contribution < 1.29 is 28.6 Å². The molecule has 0 rings (SSSR count). The first-order valence-corrected chi connectivity index (χ1v) is 35.8. The molecule has 0 heterocycles. The van der Waals surface area contributed by atoms with Crippen molar-refractivity contribution in [1.82, 2.24) is 0 Å². The number of esters is 3. The average molecular weight is 1130 g/mol. The molecule has 1 atom stereocenters. The maximum atomic E-state index is 13.0. The molecule has 0 aromatic rings. The van der Waals surface area contributed by atoms with Crippen LogP contribution in [0, 0.1) is 0 Å². The molecular formula is C75H136O6. The van der Waals surface area contributed by atoms with E-state index in [1.807, 2.05) is 0 Å². The molecule has 6 nitrogen and oxygen atoms in total. The zero-order valence-electron chi connectivity index (χ0n) is 54.3. The smallest absolute Gasteiger partial charge is 0.306 e. The van der Waals surface area contributed by atoms with Gasteiger partial charge in [0.2, 0.25) is 0 Å². The molecule has 0 aliphatic carbocycles. The van der Waals surface area contributed by atoms with E-state index in [9.17, 15) is 14.4 Å². The Labute approximate surface area is 504 Å². The Morgan fingerprint density at radius 2 is 0.481 bits per heavy atom. The fourth-order valence-corrected chi connectivity index (χ4v) is 10.7. The molecule has 0 saturated carbocycles. The fraction of sp³-hybridized carbons (Fsp3) is 0.827. The molecule has 0 aromatic heterocycles. The second-order valence-corrected chi connectivity index (χ2v) is 24.1. The van der Waals surface area contributed by atoms with Crippen LogP contribution in [-0.2, 0) is 28.6 Å². The van der Waals surface area contributed by atoms with Gasteiger partial charge in [0, 0.05) is 19.3 Å². The molecule has 81 heavy (non-hydrogen) atoms. The summed E-state index contributed by atoms with van der Waals surface area (Å²) in [5.74, 6) is -0.872. The molecule has 0 N–H and O–H groups in total. The largest absolute Gasteiger partial charge is 0.462 e. The van der Waals surface area contributed by atoms with Crippen LogP contribution in [0.1, 0.15) is 380 Å². The molecule has 0 saturated heterocycles. The summed E-state index contributed by atoms with van der Waals surface area (Å²) in [5.41, 5.74) is 0. The van der Waals surface area contributed by atoms with Crippen molar-refractivity contribution in [3.63, 3.8) is 0 Å². The van der Waals surface area contributed by atoms with Crippen molar-refractivity contribution in [3.05, 3.63) is 60.8 Å². The van der Waals surface area contributed by atoms with E-state index in [1.54, 1.807) is 0 Å². The lowest BCUT2D eigenvalue weighted by atomic mass is 10.0. The maximum absolute atomic E-state index is 13.0. The van der Waals surface area contributed by atoms with E-state index in [4.69, 9.17) is 14.2 Å². The third kappa shape index (κ3) is 67.8. The minimum Gasteiger partial charge on any atom is -0.462 e. The van der Waals surface area contributed by atoms with Crippen molar-refractivity contribution in [1.29, 1.82) is 0 Å². The lowest BCUT2D eigenvalue weighted by molar-refractivity contribution is -0.167. The molecule has 0 aromatic carbocycles. The van der Waals surface area contributed by atoms with E-state index in [2.05, 4.69) is 81.5 Å². The van der Waals surface area contributed by atoms with Crippen LogP contribution in [-0.4, -0.2) is 37.2 Å². The van der Waals surface area contributed by atoms with Gasteiger partial charge in [-0.15, -0.1) is 0 Å². The second kappa shape index (κ2) is 69.6. The zero-order valence-corrected chi connectivity index (χ0v) is 54.3. The van der Waals surface area contributed by atoms with Crippen molar-refractivity contribution in [3.8, 4) is 0 Å². The van der Waals surface area contributed by atoms with Gasteiger partial charge in [0.1, 0.15) is 13.2 Å². The summed E-state index contributed by atoms with van der Waals surface area (Å²) in [7, 11) is 0. The van der Waals surface area contributed by atoms with Crippen LogP contribution in [0.15, 0.2) is 60.8 Å². The Kier molecular flexibility index (Phi) is 67.1. The van der Waals surface area contributed by atoms with Crippen molar-refractivity contribution in [2.24, 2.45) is 0 Å². The summed E-state index contributed by atoms with van der Waals surface area (Å²) in [6.07, 6.45) is 89.7. The highest BCUT2D eigenvalue weighted by Gasteiger charge is 2.19. The molecule has 0 radical (unpaired) electrons. The predicted octanol–water partition coefficient (Wildman–Crippen LogP) is 24.7. The van der Waals surface area contributed by atoms with Crippen molar-refractivity contribution in [2.75, 3.05) is 13.2 Å². The minimum atomic E-state index is -0.783. The second-order valence-electron chi connectivity index (χ2n) is 24.1. The van der Waals surface area contributed by atoms with Crippen LogP contribution in [0.2, 0.25) is 0 Å². The molecule has 0 aliphatic rings. The van der Waals surface area contributed by atoms with Crippen molar-refractivity contribution >= 4 is 17.9 Å². The van der Waals surface area contributed by atoms with Gasteiger partial charge in [-0.25, -0.2) is 0 Å². The van der Waals surface area contributed by atoms with Crippen molar-refractivity contribution in [2.45, 2.75) is 386 Å². The fourth-order valence-electron chi connectivity index (χ4n) is 10.7. The number of rotatable bonds is 66. The SMILES string of the molecule is CC/C=C\C/C=C\C/C=C\CCCCCCCC(=O)OCC(COC(=O)CCCCCCCCCCCCCCCCCCCCCCCCCCC)OC(=O)CCCCCCCCCCCCC/C=C\C/C=C\CCCCCCC. The van der Waals surface area contributed by atoms with E-state index >= 15 is 0 Å². The van der Waals surface area contributed by atoms with Crippen LogP contribution < -0.4 is 0 Å². The number of carbonyl (C=O) groups is 3.